The summed E-state index contributed by atoms with van der Waals surface area (Å²) in [6, 6.07) is 12.8. The lowest BCUT2D eigenvalue weighted by molar-refractivity contribution is -0.111. The molecule has 0 unspecified atom stereocenters. The maximum Gasteiger partial charge on any atom is 0.288 e. The van der Waals surface area contributed by atoms with Crippen LogP contribution in [0.5, 0.6) is 0 Å². The molecule has 0 radical (unpaired) electrons. The van der Waals surface area contributed by atoms with E-state index in [0.29, 0.717) is 5.56 Å². The maximum atomic E-state index is 12.0. The lowest BCUT2D eigenvalue weighted by Gasteiger charge is -2.11. The molecule has 2 N–H and O–H groups in total. The van der Waals surface area contributed by atoms with Crippen LogP contribution in [-0.2, 0) is 4.79 Å². The summed E-state index contributed by atoms with van der Waals surface area (Å²) in [5.41, 5.74) is 5.14. The van der Waals surface area contributed by atoms with Crippen LogP contribution in [0.2, 0.25) is 0 Å². The zero-order chi connectivity index (χ0) is 13.1. The van der Waals surface area contributed by atoms with Crippen molar-refractivity contribution in [2.75, 3.05) is 5.43 Å². The van der Waals surface area contributed by atoms with Gasteiger partial charge in [0.15, 0.2) is 0 Å². The van der Waals surface area contributed by atoms with Gasteiger partial charge in [-0.25, -0.2) is 0 Å². The average Bonchev–Trinajstić information content (AvgIpc) is 2.70. The molecule has 18 heavy (non-hydrogen) atoms. The highest BCUT2D eigenvalue weighted by atomic mass is 16.2. The van der Waals surface area contributed by atoms with Crippen LogP contribution in [0.4, 0.5) is 0 Å². The minimum absolute atomic E-state index is 0.0388. The van der Waals surface area contributed by atoms with Crippen molar-refractivity contribution in [1.29, 1.82) is 5.41 Å². The number of benzene rings is 1. The quantitative estimate of drug-likeness (QED) is 0.795. The molecular formula is C14H15N3O. The van der Waals surface area contributed by atoms with Gasteiger partial charge in [0, 0.05) is 17.0 Å². The summed E-state index contributed by atoms with van der Waals surface area (Å²) in [5.74, 6) is -0.413. The van der Waals surface area contributed by atoms with Crippen molar-refractivity contribution in [1.82, 2.24) is 4.68 Å². The smallest absolute Gasteiger partial charge is 0.288 e. The topological polar surface area (TPSA) is 57.9 Å². The van der Waals surface area contributed by atoms with Gasteiger partial charge in [-0.15, -0.1) is 0 Å². The normalized spacial score (nSPS) is 10.1. The van der Waals surface area contributed by atoms with Gasteiger partial charge in [-0.1, -0.05) is 30.3 Å². The Balaban J connectivity index is 2.17. The Bertz CT molecular complexity index is 565. The standard InChI is InChI=1S/C14H15N3O/c1-10-8-9-11(2)17(10)16-14(18)13(15)12-6-4-3-5-7-12/h3-9,15H,1-2H3,(H,16,18). The van der Waals surface area contributed by atoms with Gasteiger partial charge in [0.1, 0.15) is 5.71 Å². The van der Waals surface area contributed by atoms with Crippen molar-refractivity contribution in [3.05, 3.63) is 59.4 Å². The van der Waals surface area contributed by atoms with Crippen molar-refractivity contribution in [3.63, 3.8) is 0 Å². The molecule has 4 nitrogen and oxygen atoms in total. The summed E-state index contributed by atoms with van der Waals surface area (Å²) in [5, 5.41) is 7.85. The van der Waals surface area contributed by atoms with E-state index < -0.39 is 5.91 Å². The average molecular weight is 241 g/mol. The largest absolute Gasteiger partial charge is 0.295 e. The van der Waals surface area contributed by atoms with Crippen molar-refractivity contribution < 1.29 is 4.79 Å². The van der Waals surface area contributed by atoms with Gasteiger partial charge in [0.2, 0.25) is 0 Å². The Morgan fingerprint density at radius 2 is 1.61 bits per heavy atom. The van der Waals surface area contributed by atoms with Crippen LogP contribution in [0.1, 0.15) is 17.0 Å². The number of nitrogens with one attached hydrogen (secondary N) is 2. The highest BCUT2D eigenvalue weighted by Crippen LogP contribution is 2.05. The van der Waals surface area contributed by atoms with Gasteiger partial charge >= 0.3 is 0 Å². The SMILES string of the molecule is Cc1ccc(C)n1NC(=O)C(=N)c1ccccc1. The number of aromatic nitrogens is 1. The predicted molar refractivity (Wildman–Crippen MR) is 71.5 cm³/mol. The molecule has 1 heterocycles. The second-order valence-electron chi connectivity index (χ2n) is 4.13. The molecule has 1 aromatic carbocycles. The molecule has 0 fully saturated rings. The summed E-state index contributed by atoms with van der Waals surface area (Å²) < 4.78 is 1.68. The van der Waals surface area contributed by atoms with E-state index in [9.17, 15) is 4.79 Å². The second-order valence-corrected chi connectivity index (χ2v) is 4.13. The molecule has 0 aliphatic rings. The zero-order valence-corrected chi connectivity index (χ0v) is 10.4. The van der Waals surface area contributed by atoms with Crippen LogP contribution in [0.15, 0.2) is 42.5 Å². The van der Waals surface area contributed by atoms with Gasteiger partial charge in [-0.3, -0.25) is 20.3 Å². The maximum absolute atomic E-state index is 12.0. The molecule has 0 aliphatic carbocycles. The number of carbonyl (C=O) groups excluding carboxylic acids is 1. The molecule has 4 heteroatoms. The van der Waals surface area contributed by atoms with Crippen LogP contribution < -0.4 is 5.43 Å². The van der Waals surface area contributed by atoms with Gasteiger partial charge in [-0.05, 0) is 26.0 Å². The molecule has 92 valence electrons. The Labute approximate surface area is 106 Å². The first kappa shape index (κ1) is 12.1. The number of aryl methyl sites for hydroxylation is 2. The molecular weight excluding hydrogens is 226 g/mol. The molecule has 0 spiro atoms. The summed E-state index contributed by atoms with van der Waals surface area (Å²) in [6.07, 6.45) is 0. The first-order valence-electron chi connectivity index (χ1n) is 5.70. The minimum Gasteiger partial charge on any atom is -0.295 e. The zero-order valence-electron chi connectivity index (χ0n) is 10.4. The van der Waals surface area contributed by atoms with Crippen LogP contribution >= 0.6 is 0 Å². The van der Waals surface area contributed by atoms with E-state index in [-0.39, 0.29) is 5.71 Å². The lowest BCUT2D eigenvalue weighted by Crippen LogP contribution is -2.31. The molecule has 0 atom stereocenters. The third kappa shape index (κ3) is 2.32. The first-order valence-corrected chi connectivity index (χ1v) is 5.70. The Kier molecular flexibility index (Phi) is 3.28. The van der Waals surface area contributed by atoms with Gasteiger partial charge in [0.25, 0.3) is 5.91 Å². The van der Waals surface area contributed by atoms with Crippen LogP contribution in [0, 0.1) is 19.3 Å². The number of rotatable bonds is 3. The fourth-order valence-corrected chi connectivity index (χ4v) is 1.74. The highest BCUT2D eigenvalue weighted by molar-refractivity contribution is 6.46. The molecule has 0 saturated carbocycles. The van der Waals surface area contributed by atoms with Crippen molar-refractivity contribution in [2.45, 2.75) is 13.8 Å². The van der Waals surface area contributed by atoms with Crippen LogP contribution in [0.3, 0.4) is 0 Å². The Morgan fingerprint density at radius 3 is 2.17 bits per heavy atom. The summed E-state index contributed by atoms with van der Waals surface area (Å²) in [7, 11) is 0. The van der Waals surface area contributed by atoms with Crippen LogP contribution in [-0.4, -0.2) is 16.3 Å². The summed E-state index contributed by atoms with van der Waals surface area (Å²) in [6.45, 7) is 3.80. The molecule has 1 amide bonds. The fraction of sp³-hybridized carbons (Fsp3) is 0.143. The number of nitrogens with zero attached hydrogens (tertiary/aromatic N) is 1. The van der Waals surface area contributed by atoms with Crippen molar-refractivity contribution in [2.24, 2.45) is 0 Å². The van der Waals surface area contributed by atoms with Gasteiger partial charge in [-0.2, -0.15) is 0 Å². The second kappa shape index (κ2) is 4.87. The van der Waals surface area contributed by atoms with Crippen molar-refractivity contribution in [3.8, 4) is 0 Å². The Morgan fingerprint density at radius 1 is 1.06 bits per heavy atom. The molecule has 2 aromatic rings. The summed E-state index contributed by atoms with van der Waals surface area (Å²) >= 11 is 0. The molecule has 0 bridgehead atoms. The van der Waals surface area contributed by atoms with E-state index in [0.717, 1.165) is 11.4 Å². The highest BCUT2D eigenvalue weighted by Gasteiger charge is 2.13. The number of carbonyl (C=O) groups is 1. The fourth-order valence-electron chi connectivity index (χ4n) is 1.74. The minimum atomic E-state index is -0.413. The molecule has 0 aliphatic heterocycles. The van der Waals surface area contributed by atoms with E-state index >= 15 is 0 Å². The van der Waals surface area contributed by atoms with E-state index in [4.69, 9.17) is 5.41 Å². The number of hydrogen-bond donors (Lipinski definition) is 2. The monoisotopic (exact) mass is 241 g/mol. The van der Waals surface area contributed by atoms with Gasteiger partial charge < -0.3 is 0 Å². The lowest BCUT2D eigenvalue weighted by atomic mass is 10.1. The number of amides is 1. The van der Waals surface area contributed by atoms with Gasteiger partial charge in [0.05, 0.1) is 0 Å². The predicted octanol–water partition coefficient (Wildman–Crippen LogP) is 2.24. The third-order valence-corrected chi connectivity index (χ3v) is 2.77. The number of hydrogen-bond acceptors (Lipinski definition) is 2. The molecule has 1 aromatic heterocycles. The summed E-state index contributed by atoms with van der Waals surface area (Å²) in [4.78, 5) is 12.0. The van der Waals surface area contributed by atoms with E-state index in [1.54, 1.807) is 16.8 Å². The molecule has 2 rings (SSSR count). The Hall–Kier alpha value is -2.36. The third-order valence-electron chi connectivity index (χ3n) is 2.77. The van der Waals surface area contributed by atoms with E-state index in [1.165, 1.54) is 0 Å². The van der Waals surface area contributed by atoms with E-state index in [1.807, 2.05) is 44.2 Å². The van der Waals surface area contributed by atoms with Crippen molar-refractivity contribution >= 4 is 11.6 Å². The molecule has 0 saturated heterocycles. The van der Waals surface area contributed by atoms with Crippen LogP contribution in [0.25, 0.3) is 0 Å². The first-order chi connectivity index (χ1) is 8.59. The van der Waals surface area contributed by atoms with E-state index in [2.05, 4.69) is 5.43 Å².